The van der Waals surface area contributed by atoms with Gasteiger partial charge in [0.15, 0.2) is 5.03 Å². The largest absolute Gasteiger partial charge is 0.334 e. The topological polar surface area (TPSA) is 90.0 Å². The van der Waals surface area contributed by atoms with Crippen molar-refractivity contribution < 1.29 is 8.42 Å². The minimum Gasteiger partial charge on any atom is -0.334 e. The number of rotatable bonds is 6. The standard InChI is InChI=1S/C14H20N4O2S.ClH/c1-3-18-10-14(17-11(18)2)21(19,20)16-9-13(15)12-7-5-4-6-8-12;/h4-8,10,13,16H,3,9,15H2,1-2H3;1H. The van der Waals surface area contributed by atoms with E-state index < -0.39 is 16.1 Å². The Balaban J connectivity index is 0.00000242. The molecule has 0 spiro atoms. The molecule has 0 saturated heterocycles. The Bertz CT molecular complexity index is 701. The third-order valence-corrected chi connectivity index (χ3v) is 4.59. The lowest BCUT2D eigenvalue weighted by atomic mass is 10.1. The molecule has 0 aliphatic rings. The van der Waals surface area contributed by atoms with Crippen LogP contribution in [0.5, 0.6) is 0 Å². The zero-order chi connectivity index (χ0) is 15.5. The Morgan fingerprint density at radius 3 is 2.50 bits per heavy atom. The molecule has 0 radical (unpaired) electrons. The fraction of sp³-hybridized carbons (Fsp3) is 0.357. The summed E-state index contributed by atoms with van der Waals surface area (Å²) in [4.78, 5) is 4.08. The molecule has 1 aromatic heterocycles. The quantitative estimate of drug-likeness (QED) is 0.833. The summed E-state index contributed by atoms with van der Waals surface area (Å²) in [6.07, 6.45) is 1.53. The first-order valence-corrected chi connectivity index (χ1v) is 8.26. The molecule has 8 heteroatoms. The highest BCUT2D eigenvalue weighted by atomic mass is 35.5. The van der Waals surface area contributed by atoms with E-state index in [0.717, 1.165) is 5.56 Å². The number of nitrogens with two attached hydrogens (primary N) is 1. The molecule has 1 unspecified atom stereocenters. The molecule has 3 N–H and O–H groups in total. The van der Waals surface area contributed by atoms with Crippen LogP contribution in [-0.2, 0) is 16.6 Å². The summed E-state index contributed by atoms with van der Waals surface area (Å²) < 4.78 is 28.7. The van der Waals surface area contributed by atoms with Crippen LogP contribution in [0.25, 0.3) is 0 Å². The van der Waals surface area contributed by atoms with Crippen molar-refractivity contribution in [3.8, 4) is 0 Å². The highest BCUT2D eigenvalue weighted by Gasteiger charge is 2.20. The number of nitrogens with one attached hydrogen (secondary N) is 1. The second-order valence-corrected chi connectivity index (χ2v) is 6.50. The van der Waals surface area contributed by atoms with E-state index in [9.17, 15) is 8.42 Å². The van der Waals surface area contributed by atoms with Crippen LogP contribution in [-0.4, -0.2) is 24.5 Å². The predicted octanol–water partition coefficient (Wildman–Crippen LogP) is 1.61. The Morgan fingerprint density at radius 2 is 1.95 bits per heavy atom. The van der Waals surface area contributed by atoms with Crippen LogP contribution >= 0.6 is 12.4 Å². The van der Waals surface area contributed by atoms with Gasteiger partial charge < -0.3 is 10.3 Å². The molecular weight excluding hydrogens is 324 g/mol. The van der Waals surface area contributed by atoms with Gasteiger partial charge in [-0.2, -0.15) is 0 Å². The maximum atomic E-state index is 12.2. The van der Waals surface area contributed by atoms with Crippen molar-refractivity contribution in [1.29, 1.82) is 0 Å². The second kappa shape index (κ2) is 7.73. The second-order valence-electron chi connectivity index (χ2n) is 4.78. The molecule has 0 aliphatic heterocycles. The van der Waals surface area contributed by atoms with Crippen molar-refractivity contribution in [2.45, 2.75) is 31.5 Å². The molecule has 1 atom stereocenters. The van der Waals surface area contributed by atoms with Gasteiger partial charge in [-0.05, 0) is 19.4 Å². The van der Waals surface area contributed by atoms with Crippen LogP contribution in [0.2, 0.25) is 0 Å². The number of imidazole rings is 1. The predicted molar refractivity (Wildman–Crippen MR) is 88.4 cm³/mol. The average molecular weight is 345 g/mol. The lowest BCUT2D eigenvalue weighted by Crippen LogP contribution is -2.32. The molecule has 0 saturated carbocycles. The molecular formula is C14H21ClN4O2S. The Labute approximate surface area is 137 Å². The van der Waals surface area contributed by atoms with Crippen molar-refractivity contribution in [1.82, 2.24) is 14.3 Å². The van der Waals surface area contributed by atoms with Crippen LogP contribution in [0.1, 0.15) is 24.4 Å². The lowest BCUT2D eigenvalue weighted by Gasteiger charge is -2.12. The monoisotopic (exact) mass is 344 g/mol. The number of aryl methyl sites for hydroxylation is 2. The molecule has 0 aliphatic carbocycles. The van der Waals surface area contributed by atoms with Gasteiger partial charge in [0.25, 0.3) is 10.0 Å². The van der Waals surface area contributed by atoms with Crippen molar-refractivity contribution in [3.05, 3.63) is 47.9 Å². The Morgan fingerprint density at radius 1 is 1.32 bits per heavy atom. The Kier molecular flexibility index (Phi) is 6.55. The van der Waals surface area contributed by atoms with Crippen LogP contribution in [0.3, 0.4) is 0 Å². The minimum absolute atomic E-state index is 0. The number of sulfonamides is 1. The van der Waals surface area contributed by atoms with E-state index in [0.29, 0.717) is 12.4 Å². The molecule has 1 aromatic carbocycles. The van der Waals surface area contributed by atoms with Crippen LogP contribution in [0, 0.1) is 6.92 Å². The highest BCUT2D eigenvalue weighted by Crippen LogP contribution is 2.12. The molecule has 2 aromatic rings. The van der Waals surface area contributed by atoms with Crippen LogP contribution in [0.4, 0.5) is 0 Å². The van der Waals surface area contributed by atoms with E-state index in [4.69, 9.17) is 5.73 Å². The van der Waals surface area contributed by atoms with Gasteiger partial charge in [-0.3, -0.25) is 0 Å². The summed E-state index contributed by atoms with van der Waals surface area (Å²) >= 11 is 0. The number of nitrogens with zero attached hydrogens (tertiary/aromatic N) is 2. The summed E-state index contributed by atoms with van der Waals surface area (Å²) in [6, 6.07) is 8.98. The maximum Gasteiger partial charge on any atom is 0.259 e. The minimum atomic E-state index is -3.64. The number of halogens is 1. The first-order valence-electron chi connectivity index (χ1n) is 6.78. The summed E-state index contributed by atoms with van der Waals surface area (Å²) in [7, 11) is -3.64. The SMILES string of the molecule is CCn1cc(S(=O)(=O)NCC(N)c2ccccc2)nc1C.Cl. The molecule has 1 heterocycles. The van der Waals surface area contributed by atoms with Crippen LogP contribution in [0.15, 0.2) is 41.6 Å². The molecule has 6 nitrogen and oxygen atoms in total. The average Bonchev–Trinajstić information content (AvgIpc) is 2.88. The summed E-state index contributed by atoms with van der Waals surface area (Å²) in [6.45, 7) is 4.52. The highest BCUT2D eigenvalue weighted by molar-refractivity contribution is 7.89. The maximum absolute atomic E-state index is 12.2. The summed E-state index contributed by atoms with van der Waals surface area (Å²) in [5.74, 6) is 0.672. The fourth-order valence-electron chi connectivity index (χ4n) is 2.02. The van der Waals surface area contributed by atoms with Crippen molar-refractivity contribution in [3.63, 3.8) is 0 Å². The summed E-state index contributed by atoms with van der Waals surface area (Å²) in [5.41, 5.74) is 6.87. The van der Waals surface area contributed by atoms with Gasteiger partial charge in [-0.25, -0.2) is 18.1 Å². The first-order chi connectivity index (χ1) is 9.94. The van der Waals surface area contributed by atoms with Crippen LogP contribution < -0.4 is 10.5 Å². The van der Waals surface area contributed by atoms with Gasteiger partial charge in [0.2, 0.25) is 0 Å². The zero-order valence-corrected chi connectivity index (χ0v) is 14.2. The lowest BCUT2D eigenvalue weighted by molar-refractivity contribution is 0.569. The first kappa shape index (κ1) is 18.6. The normalized spacial score (nSPS) is 12.7. The van der Waals surface area contributed by atoms with Gasteiger partial charge in [0.1, 0.15) is 5.82 Å². The molecule has 0 amide bonds. The van der Waals surface area contributed by atoms with E-state index in [1.165, 1.54) is 6.20 Å². The van der Waals surface area contributed by atoms with Gasteiger partial charge in [-0.1, -0.05) is 30.3 Å². The van der Waals surface area contributed by atoms with Crippen molar-refractivity contribution in [2.24, 2.45) is 5.73 Å². The molecule has 122 valence electrons. The zero-order valence-electron chi connectivity index (χ0n) is 12.6. The van der Waals surface area contributed by atoms with E-state index in [1.807, 2.05) is 37.3 Å². The summed E-state index contributed by atoms with van der Waals surface area (Å²) in [5, 5.41) is 0.0297. The number of benzene rings is 1. The molecule has 22 heavy (non-hydrogen) atoms. The number of aromatic nitrogens is 2. The number of hydrogen-bond donors (Lipinski definition) is 2. The fourth-order valence-corrected chi connectivity index (χ4v) is 3.09. The van der Waals surface area contributed by atoms with Gasteiger partial charge in [0, 0.05) is 25.3 Å². The molecule has 2 rings (SSSR count). The van der Waals surface area contributed by atoms with E-state index in [2.05, 4.69) is 9.71 Å². The van der Waals surface area contributed by atoms with Gasteiger partial charge in [-0.15, -0.1) is 12.4 Å². The van der Waals surface area contributed by atoms with Gasteiger partial charge >= 0.3 is 0 Å². The van der Waals surface area contributed by atoms with E-state index in [-0.39, 0.29) is 24.0 Å². The third kappa shape index (κ3) is 4.30. The van der Waals surface area contributed by atoms with Crippen molar-refractivity contribution in [2.75, 3.05) is 6.54 Å². The third-order valence-electron chi connectivity index (χ3n) is 3.29. The van der Waals surface area contributed by atoms with Gasteiger partial charge in [0.05, 0.1) is 0 Å². The van der Waals surface area contributed by atoms with E-state index >= 15 is 0 Å². The van der Waals surface area contributed by atoms with E-state index in [1.54, 1.807) is 11.5 Å². The molecule has 0 fully saturated rings. The number of hydrogen-bond acceptors (Lipinski definition) is 4. The van der Waals surface area contributed by atoms with Crippen molar-refractivity contribution >= 4 is 22.4 Å². The smallest absolute Gasteiger partial charge is 0.259 e. The Hall–Kier alpha value is -1.41. The molecule has 0 bridgehead atoms.